The summed E-state index contributed by atoms with van der Waals surface area (Å²) in [6, 6.07) is 5.55. The number of amides is 1. The highest BCUT2D eigenvalue weighted by Crippen LogP contribution is 2.24. The summed E-state index contributed by atoms with van der Waals surface area (Å²) < 4.78 is 0. The van der Waals surface area contributed by atoms with Crippen LogP contribution < -0.4 is 5.32 Å². The van der Waals surface area contributed by atoms with Gasteiger partial charge in [-0.25, -0.2) is 0 Å². The van der Waals surface area contributed by atoms with Crippen LogP contribution in [0.15, 0.2) is 18.2 Å². The van der Waals surface area contributed by atoms with E-state index in [0.29, 0.717) is 27.6 Å². The van der Waals surface area contributed by atoms with Crippen molar-refractivity contribution in [2.24, 2.45) is 5.92 Å². The zero-order chi connectivity index (χ0) is 15.4. The van der Waals surface area contributed by atoms with E-state index in [0.717, 1.165) is 26.1 Å². The van der Waals surface area contributed by atoms with E-state index in [9.17, 15) is 4.79 Å². The fraction of sp³-hybridized carbons (Fsp3) is 0.562. The Kier molecular flexibility index (Phi) is 5.91. The maximum absolute atomic E-state index is 12.6. The Balaban J connectivity index is 1.99. The lowest BCUT2D eigenvalue weighted by atomic mass is 9.97. The molecule has 1 amide bonds. The van der Waals surface area contributed by atoms with Gasteiger partial charge >= 0.3 is 0 Å². The van der Waals surface area contributed by atoms with Crippen molar-refractivity contribution in [2.45, 2.75) is 32.7 Å². The quantitative estimate of drug-likeness (QED) is 0.910. The van der Waals surface area contributed by atoms with Crippen LogP contribution in [0.5, 0.6) is 0 Å². The smallest absolute Gasteiger partial charge is 0.253 e. The summed E-state index contributed by atoms with van der Waals surface area (Å²) in [6.45, 7) is 6.86. The minimum Gasteiger partial charge on any atom is -0.338 e. The fourth-order valence-electron chi connectivity index (χ4n) is 2.63. The first-order chi connectivity index (χ1) is 9.97. The fourth-order valence-corrected chi connectivity index (χ4v) is 2.93. The van der Waals surface area contributed by atoms with Crippen LogP contribution in [0.3, 0.4) is 0 Å². The van der Waals surface area contributed by atoms with Gasteiger partial charge in [-0.1, -0.05) is 37.0 Å². The molecule has 1 N–H and O–H groups in total. The molecule has 0 radical (unpaired) electrons. The normalized spacial score (nSPS) is 19.1. The largest absolute Gasteiger partial charge is 0.338 e. The molecule has 0 aliphatic carbocycles. The second kappa shape index (κ2) is 7.48. The Bertz CT molecular complexity index is 505. The Labute approximate surface area is 136 Å². The van der Waals surface area contributed by atoms with E-state index >= 15 is 0 Å². The maximum Gasteiger partial charge on any atom is 0.253 e. The van der Waals surface area contributed by atoms with Crippen molar-refractivity contribution in [1.82, 2.24) is 10.2 Å². The van der Waals surface area contributed by atoms with Crippen LogP contribution >= 0.6 is 23.2 Å². The van der Waals surface area contributed by atoms with Gasteiger partial charge in [0.05, 0.1) is 10.0 Å². The highest BCUT2D eigenvalue weighted by molar-refractivity contribution is 6.42. The second-order valence-electron chi connectivity index (χ2n) is 5.95. The zero-order valence-electron chi connectivity index (χ0n) is 12.5. The lowest BCUT2D eigenvalue weighted by molar-refractivity contribution is 0.0672. The van der Waals surface area contributed by atoms with Gasteiger partial charge in [0.1, 0.15) is 0 Å². The number of carbonyl (C=O) groups is 1. The number of hydrogen-bond acceptors (Lipinski definition) is 2. The molecule has 0 bridgehead atoms. The number of benzene rings is 1. The van der Waals surface area contributed by atoms with Crippen LogP contribution in [0.25, 0.3) is 0 Å². The Hall–Kier alpha value is -0.770. The average molecular weight is 329 g/mol. The molecule has 0 saturated carbocycles. The van der Waals surface area contributed by atoms with Crippen LogP contribution in [-0.2, 0) is 0 Å². The number of carbonyl (C=O) groups excluding carboxylic acids is 1. The van der Waals surface area contributed by atoms with Crippen molar-refractivity contribution in [3.8, 4) is 0 Å². The molecule has 1 unspecified atom stereocenters. The predicted molar refractivity (Wildman–Crippen MR) is 88.2 cm³/mol. The molecular weight excluding hydrogens is 307 g/mol. The molecule has 1 aliphatic rings. The van der Waals surface area contributed by atoms with Crippen LogP contribution in [0.4, 0.5) is 0 Å². The van der Waals surface area contributed by atoms with Gasteiger partial charge in [0.25, 0.3) is 5.91 Å². The molecule has 1 aromatic rings. The lowest BCUT2D eigenvalue weighted by Crippen LogP contribution is -2.43. The summed E-state index contributed by atoms with van der Waals surface area (Å²) in [6.07, 6.45) is 2.22. The van der Waals surface area contributed by atoms with Crippen LogP contribution in [0.1, 0.15) is 37.0 Å². The molecule has 116 valence electrons. The molecule has 0 aromatic heterocycles. The van der Waals surface area contributed by atoms with E-state index in [1.165, 1.54) is 6.42 Å². The van der Waals surface area contributed by atoms with Crippen LogP contribution in [-0.4, -0.2) is 36.5 Å². The van der Waals surface area contributed by atoms with Crippen molar-refractivity contribution in [2.75, 3.05) is 19.6 Å². The molecular formula is C16H22Cl2N2O. The summed E-state index contributed by atoms with van der Waals surface area (Å²) in [5.41, 5.74) is 0.613. The minimum atomic E-state index is 0.0443. The highest BCUT2D eigenvalue weighted by atomic mass is 35.5. The first kappa shape index (κ1) is 16.6. The van der Waals surface area contributed by atoms with Gasteiger partial charge in [-0.05, 0) is 43.5 Å². The molecule has 5 heteroatoms. The molecule has 21 heavy (non-hydrogen) atoms. The van der Waals surface area contributed by atoms with Gasteiger partial charge in [-0.3, -0.25) is 4.79 Å². The molecule has 0 spiro atoms. The minimum absolute atomic E-state index is 0.0443. The summed E-state index contributed by atoms with van der Waals surface area (Å²) in [5.74, 6) is 0.565. The van der Waals surface area contributed by atoms with Crippen molar-refractivity contribution in [3.05, 3.63) is 33.8 Å². The lowest BCUT2D eigenvalue weighted by Gasteiger charge is -2.33. The monoisotopic (exact) mass is 328 g/mol. The van der Waals surface area contributed by atoms with E-state index in [4.69, 9.17) is 23.2 Å². The predicted octanol–water partition coefficient (Wildman–Crippen LogP) is 3.84. The van der Waals surface area contributed by atoms with E-state index < -0.39 is 0 Å². The highest BCUT2D eigenvalue weighted by Gasteiger charge is 2.24. The molecule has 1 atom stereocenters. The van der Waals surface area contributed by atoms with Crippen molar-refractivity contribution in [1.29, 1.82) is 0 Å². The number of nitrogens with zero attached hydrogens (tertiary/aromatic N) is 1. The van der Waals surface area contributed by atoms with Crippen molar-refractivity contribution < 1.29 is 4.79 Å². The summed E-state index contributed by atoms with van der Waals surface area (Å²) in [7, 11) is 0. The molecule has 1 aliphatic heterocycles. The van der Waals surface area contributed by atoms with Gasteiger partial charge in [0, 0.05) is 24.7 Å². The Morgan fingerprint density at radius 1 is 1.38 bits per heavy atom. The standard InChI is InChI=1S/C16H22Cl2N2O/c1-11(2)19-9-12-4-3-7-20(10-12)16(21)13-5-6-14(17)15(18)8-13/h5-6,8,11-12,19H,3-4,7,9-10H2,1-2H3. The third-order valence-electron chi connectivity index (χ3n) is 3.79. The van der Waals surface area contributed by atoms with E-state index in [1.807, 2.05) is 4.90 Å². The number of piperidine rings is 1. The van der Waals surface area contributed by atoms with Gasteiger partial charge in [0.2, 0.25) is 0 Å². The van der Waals surface area contributed by atoms with Gasteiger partial charge < -0.3 is 10.2 Å². The molecule has 1 aromatic carbocycles. The molecule has 1 fully saturated rings. The van der Waals surface area contributed by atoms with Crippen LogP contribution in [0, 0.1) is 5.92 Å². The van der Waals surface area contributed by atoms with Gasteiger partial charge in [-0.15, -0.1) is 0 Å². The third-order valence-corrected chi connectivity index (χ3v) is 4.53. The topological polar surface area (TPSA) is 32.3 Å². The second-order valence-corrected chi connectivity index (χ2v) is 6.77. The molecule has 3 nitrogen and oxygen atoms in total. The van der Waals surface area contributed by atoms with E-state index in [2.05, 4.69) is 19.2 Å². The van der Waals surface area contributed by atoms with Crippen LogP contribution in [0.2, 0.25) is 10.0 Å². The number of nitrogens with one attached hydrogen (secondary N) is 1. The zero-order valence-corrected chi connectivity index (χ0v) is 14.0. The van der Waals surface area contributed by atoms with Crippen molar-refractivity contribution >= 4 is 29.1 Å². The van der Waals surface area contributed by atoms with E-state index in [1.54, 1.807) is 18.2 Å². The van der Waals surface area contributed by atoms with E-state index in [-0.39, 0.29) is 5.91 Å². The number of halogens is 2. The SMILES string of the molecule is CC(C)NCC1CCCN(C(=O)c2ccc(Cl)c(Cl)c2)C1. The summed E-state index contributed by atoms with van der Waals surface area (Å²) in [5, 5.41) is 4.36. The maximum atomic E-state index is 12.6. The van der Waals surface area contributed by atoms with Gasteiger partial charge in [-0.2, -0.15) is 0 Å². The number of rotatable bonds is 4. The Morgan fingerprint density at radius 2 is 2.14 bits per heavy atom. The average Bonchev–Trinajstić information content (AvgIpc) is 2.47. The van der Waals surface area contributed by atoms with Gasteiger partial charge in [0.15, 0.2) is 0 Å². The molecule has 1 saturated heterocycles. The number of hydrogen-bond donors (Lipinski definition) is 1. The summed E-state index contributed by atoms with van der Waals surface area (Å²) >= 11 is 11.9. The summed E-state index contributed by atoms with van der Waals surface area (Å²) in [4.78, 5) is 14.5. The first-order valence-corrected chi connectivity index (χ1v) is 8.20. The number of likely N-dealkylation sites (tertiary alicyclic amines) is 1. The molecule has 1 heterocycles. The first-order valence-electron chi connectivity index (χ1n) is 7.45. The molecule has 2 rings (SSSR count). The third kappa shape index (κ3) is 4.60. The van der Waals surface area contributed by atoms with Crippen molar-refractivity contribution in [3.63, 3.8) is 0 Å². The Morgan fingerprint density at radius 3 is 2.81 bits per heavy atom.